The summed E-state index contributed by atoms with van der Waals surface area (Å²) in [5.41, 5.74) is 0.219. The zero-order chi connectivity index (χ0) is 22.6. The Hall–Kier alpha value is -2.11. The molecule has 1 amide bonds. The number of hydrogen-bond donors (Lipinski definition) is 2. The van der Waals surface area contributed by atoms with Crippen LogP contribution in [0.1, 0.15) is 33.6 Å². The highest BCUT2D eigenvalue weighted by Crippen LogP contribution is 2.27. The second-order valence-electron chi connectivity index (χ2n) is 8.09. The van der Waals surface area contributed by atoms with E-state index in [1.807, 2.05) is 6.92 Å². The number of benzene rings is 1. The van der Waals surface area contributed by atoms with E-state index in [-0.39, 0.29) is 22.2 Å². The highest BCUT2D eigenvalue weighted by molar-refractivity contribution is 7.99. The number of sulfonamides is 1. The first-order valence-corrected chi connectivity index (χ1v) is 12.8. The van der Waals surface area contributed by atoms with E-state index in [9.17, 15) is 18.0 Å². The quantitative estimate of drug-likeness (QED) is 0.576. The molecular weight excluding hydrogens is 438 g/mol. The van der Waals surface area contributed by atoms with Gasteiger partial charge in [0.2, 0.25) is 15.9 Å². The maximum Gasteiger partial charge on any atom is 0.343 e. The minimum absolute atomic E-state index is 0.0810. The van der Waals surface area contributed by atoms with Gasteiger partial charge in [-0.2, -0.15) is 4.31 Å². The third-order valence-corrected chi connectivity index (χ3v) is 7.94. The van der Waals surface area contributed by atoms with Crippen molar-refractivity contribution in [3.63, 3.8) is 0 Å². The van der Waals surface area contributed by atoms with E-state index in [0.29, 0.717) is 42.3 Å². The molecule has 1 aliphatic rings. The summed E-state index contributed by atoms with van der Waals surface area (Å²) in [6, 6.07) is 6.23. The third kappa shape index (κ3) is 5.78. The maximum atomic E-state index is 13.0. The molecule has 170 valence electrons. The van der Waals surface area contributed by atoms with Crippen LogP contribution in [0.25, 0.3) is 0 Å². The monoisotopic (exact) mass is 467 g/mol. The summed E-state index contributed by atoms with van der Waals surface area (Å²) in [7, 11) is -3.55. The fraction of sp³-hybridized carbons (Fsp3) is 0.550. The Morgan fingerprint density at radius 1 is 1.23 bits per heavy atom. The van der Waals surface area contributed by atoms with Crippen LogP contribution in [0.2, 0.25) is 0 Å². The number of amides is 1. The van der Waals surface area contributed by atoms with E-state index in [0.717, 1.165) is 12.8 Å². The number of carbonyl (C=O) groups is 1. The fourth-order valence-electron chi connectivity index (χ4n) is 3.82. The Bertz CT molecular complexity index is 1050. The molecule has 0 aliphatic carbocycles. The minimum Gasteiger partial charge on any atom is -0.325 e. The third-order valence-electron chi connectivity index (χ3n) is 5.11. The van der Waals surface area contributed by atoms with Crippen LogP contribution in [0.15, 0.2) is 39.1 Å². The van der Waals surface area contributed by atoms with Gasteiger partial charge in [0.15, 0.2) is 5.16 Å². The lowest BCUT2D eigenvalue weighted by Gasteiger charge is -2.34. The van der Waals surface area contributed by atoms with Crippen LogP contribution in [0.4, 0.5) is 5.69 Å². The zero-order valence-electron chi connectivity index (χ0n) is 18.0. The average molecular weight is 468 g/mol. The first-order valence-electron chi connectivity index (χ1n) is 10.4. The number of aromatic nitrogens is 3. The van der Waals surface area contributed by atoms with Crippen molar-refractivity contribution in [2.24, 2.45) is 11.8 Å². The summed E-state index contributed by atoms with van der Waals surface area (Å²) in [6.45, 7) is 7.68. The molecule has 0 bridgehead atoms. The van der Waals surface area contributed by atoms with Gasteiger partial charge in [-0.05, 0) is 48.9 Å². The molecule has 1 aromatic heterocycles. The van der Waals surface area contributed by atoms with E-state index < -0.39 is 10.0 Å². The van der Waals surface area contributed by atoms with E-state index in [1.54, 1.807) is 16.4 Å². The SMILES string of the molecule is CCCn1c(SCC(=O)Nc2ccc(S(=O)(=O)N3CC(C)CC(C)C3)cc2)n[nH]c1=O. The van der Waals surface area contributed by atoms with Gasteiger partial charge in [0.1, 0.15) is 0 Å². The molecule has 9 nitrogen and oxygen atoms in total. The van der Waals surface area contributed by atoms with Crippen molar-refractivity contribution in [3.8, 4) is 0 Å². The van der Waals surface area contributed by atoms with E-state index in [1.165, 1.54) is 28.5 Å². The van der Waals surface area contributed by atoms with Gasteiger partial charge in [0.05, 0.1) is 10.6 Å². The van der Waals surface area contributed by atoms with Gasteiger partial charge in [-0.25, -0.2) is 18.3 Å². The largest absolute Gasteiger partial charge is 0.343 e. The van der Waals surface area contributed by atoms with Crippen molar-refractivity contribution in [1.82, 2.24) is 19.1 Å². The summed E-state index contributed by atoms with van der Waals surface area (Å²) < 4.78 is 29.0. The molecule has 0 radical (unpaired) electrons. The van der Waals surface area contributed by atoms with Crippen molar-refractivity contribution in [2.45, 2.75) is 50.2 Å². The zero-order valence-corrected chi connectivity index (χ0v) is 19.6. The Morgan fingerprint density at radius 3 is 2.48 bits per heavy atom. The summed E-state index contributed by atoms with van der Waals surface area (Å²) >= 11 is 1.17. The van der Waals surface area contributed by atoms with Gasteiger partial charge in [-0.3, -0.25) is 9.36 Å². The molecule has 0 spiro atoms. The summed E-state index contributed by atoms with van der Waals surface area (Å²) in [4.78, 5) is 24.2. The first kappa shape index (κ1) is 23.6. The molecule has 11 heteroatoms. The number of carbonyl (C=O) groups excluding carboxylic acids is 1. The predicted molar refractivity (Wildman–Crippen MR) is 121 cm³/mol. The molecule has 31 heavy (non-hydrogen) atoms. The van der Waals surface area contributed by atoms with Crippen molar-refractivity contribution >= 4 is 33.4 Å². The van der Waals surface area contributed by atoms with Crippen LogP contribution in [-0.4, -0.2) is 52.2 Å². The number of nitrogens with one attached hydrogen (secondary N) is 2. The molecule has 1 aromatic carbocycles. The first-order chi connectivity index (χ1) is 14.7. The molecule has 1 fully saturated rings. The normalized spacial score (nSPS) is 20.0. The topological polar surface area (TPSA) is 117 Å². The fourth-order valence-corrected chi connectivity index (χ4v) is 6.27. The van der Waals surface area contributed by atoms with E-state index >= 15 is 0 Å². The van der Waals surface area contributed by atoms with Crippen molar-refractivity contribution < 1.29 is 13.2 Å². The van der Waals surface area contributed by atoms with Crippen molar-refractivity contribution in [2.75, 3.05) is 24.2 Å². The smallest absolute Gasteiger partial charge is 0.325 e. The molecule has 2 aromatic rings. The molecule has 0 saturated carbocycles. The number of hydrogen-bond acceptors (Lipinski definition) is 6. The highest BCUT2D eigenvalue weighted by atomic mass is 32.2. The lowest BCUT2D eigenvalue weighted by molar-refractivity contribution is -0.113. The predicted octanol–water partition coefficient (Wildman–Crippen LogP) is 2.38. The van der Waals surface area contributed by atoms with Crippen molar-refractivity contribution in [3.05, 3.63) is 34.7 Å². The highest BCUT2D eigenvalue weighted by Gasteiger charge is 2.31. The second-order valence-corrected chi connectivity index (χ2v) is 11.0. The maximum absolute atomic E-state index is 13.0. The number of anilines is 1. The Kier molecular flexibility index (Phi) is 7.60. The Balaban J connectivity index is 1.60. The van der Waals surface area contributed by atoms with Gasteiger partial charge < -0.3 is 5.32 Å². The lowest BCUT2D eigenvalue weighted by atomic mass is 9.94. The molecule has 2 N–H and O–H groups in total. The van der Waals surface area contributed by atoms with Gasteiger partial charge in [0.25, 0.3) is 0 Å². The van der Waals surface area contributed by atoms with E-state index in [2.05, 4.69) is 29.4 Å². The second kappa shape index (κ2) is 10.0. The summed E-state index contributed by atoms with van der Waals surface area (Å²) in [6.07, 6.45) is 1.81. The van der Waals surface area contributed by atoms with Crippen LogP contribution >= 0.6 is 11.8 Å². The number of aromatic amines is 1. The van der Waals surface area contributed by atoms with Gasteiger partial charge >= 0.3 is 5.69 Å². The van der Waals surface area contributed by atoms with Gasteiger partial charge in [0, 0.05) is 25.3 Å². The van der Waals surface area contributed by atoms with Crippen LogP contribution in [0.3, 0.4) is 0 Å². The average Bonchev–Trinajstić information content (AvgIpc) is 3.06. The number of piperidine rings is 1. The van der Waals surface area contributed by atoms with Crippen LogP contribution < -0.4 is 11.0 Å². The molecule has 2 unspecified atom stereocenters. The van der Waals surface area contributed by atoms with Crippen LogP contribution in [0.5, 0.6) is 0 Å². The molecule has 3 rings (SSSR count). The molecule has 1 saturated heterocycles. The van der Waals surface area contributed by atoms with Crippen LogP contribution in [-0.2, 0) is 21.4 Å². The van der Waals surface area contributed by atoms with E-state index in [4.69, 9.17) is 0 Å². The number of rotatable bonds is 8. The minimum atomic E-state index is -3.55. The number of thioether (sulfide) groups is 1. The number of H-pyrrole nitrogens is 1. The van der Waals surface area contributed by atoms with Crippen molar-refractivity contribution in [1.29, 1.82) is 0 Å². The van der Waals surface area contributed by atoms with Gasteiger partial charge in [-0.15, -0.1) is 5.10 Å². The molecular formula is C20H29N5O4S2. The summed E-state index contributed by atoms with van der Waals surface area (Å²) in [5, 5.41) is 9.55. The molecule has 2 atom stereocenters. The lowest BCUT2D eigenvalue weighted by Crippen LogP contribution is -2.42. The van der Waals surface area contributed by atoms with Crippen LogP contribution in [0, 0.1) is 11.8 Å². The molecule has 1 aliphatic heterocycles. The summed E-state index contributed by atoms with van der Waals surface area (Å²) in [5.74, 6) is 0.478. The Labute approximate surface area is 186 Å². The number of nitrogens with zero attached hydrogens (tertiary/aromatic N) is 3. The molecule has 2 heterocycles. The standard InChI is InChI=1S/C20H29N5O4S2/c1-4-9-25-19(27)22-23-20(25)30-13-18(26)21-16-5-7-17(8-6-16)31(28,29)24-11-14(2)10-15(3)12-24/h5-8,14-15H,4,9-13H2,1-3H3,(H,21,26)(H,22,27). The van der Waals surface area contributed by atoms with Gasteiger partial charge in [-0.1, -0.05) is 32.5 Å². The Morgan fingerprint density at radius 2 is 1.87 bits per heavy atom.